The molecule has 2 heterocycles. The molecular formula is C24H23N3O4. The summed E-state index contributed by atoms with van der Waals surface area (Å²) in [5.74, 6) is -1.37. The molecule has 2 N–H and O–H groups in total. The molecule has 3 aromatic rings. The molecule has 0 radical (unpaired) electrons. The minimum Gasteiger partial charge on any atom is -0.511 e. The van der Waals surface area contributed by atoms with Gasteiger partial charge in [0.15, 0.2) is 11.6 Å². The van der Waals surface area contributed by atoms with Crippen LogP contribution < -0.4 is 5.32 Å². The van der Waals surface area contributed by atoms with Gasteiger partial charge in [0.2, 0.25) is 5.91 Å². The Morgan fingerprint density at radius 2 is 1.68 bits per heavy atom. The third-order valence-electron chi connectivity index (χ3n) is 5.45. The average molecular weight is 417 g/mol. The molecule has 1 amide bonds. The summed E-state index contributed by atoms with van der Waals surface area (Å²) < 4.78 is 0. The summed E-state index contributed by atoms with van der Waals surface area (Å²) >= 11 is 0. The molecule has 0 bridgehead atoms. The maximum absolute atomic E-state index is 12.6. The lowest BCUT2D eigenvalue weighted by Gasteiger charge is -2.28. The molecule has 7 heteroatoms. The second-order valence-corrected chi connectivity index (χ2v) is 8.63. The highest BCUT2D eigenvalue weighted by atomic mass is 16.3. The maximum Gasteiger partial charge on any atom is 0.224 e. The molecule has 1 aromatic carbocycles. The lowest BCUT2D eigenvalue weighted by molar-refractivity contribution is -0.128. The Labute approximate surface area is 179 Å². The van der Waals surface area contributed by atoms with E-state index in [1.165, 1.54) is 0 Å². The van der Waals surface area contributed by atoms with Crippen molar-refractivity contribution in [3.05, 3.63) is 54.1 Å². The van der Waals surface area contributed by atoms with Gasteiger partial charge < -0.3 is 10.4 Å². The summed E-state index contributed by atoms with van der Waals surface area (Å²) in [5, 5.41) is 14.8. The van der Waals surface area contributed by atoms with Crippen LogP contribution in [0.2, 0.25) is 0 Å². The van der Waals surface area contributed by atoms with Crippen molar-refractivity contribution < 1.29 is 19.5 Å². The van der Waals surface area contributed by atoms with Crippen LogP contribution >= 0.6 is 0 Å². The number of fused-ring (bicyclic) bond motifs is 3. The van der Waals surface area contributed by atoms with Crippen molar-refractivity contribution in [1.82, 2.24) is 9.97 Å². The van der Waals surface area contributed by atoms with Gasteiger partial charge in [-0.05, 0) is 29.7 Å². The van der Waals surface area contributed by atoms with Crippen molar-refractivity contribution in [2.45, 2.75) is 39.5 Å². The summed E-state index contributed by atoms with van der Waals surface area (Å²) in [6.45, 7) is 3.70. The number of nitrogens with zero attached hydrogens (tertiary/aromatic N) is 2. The first-order valence-electron chi connectivity index (χ1n) is 10.2. The predicted octanol–water partition coefficient (Wildman–Crippen LogP) is 4.27. The van der Waals surface area contributed by atoms with E-state index in [4.69, 9.17) is 0 Å². The van der Waals surface area contributed by atoms with Crippen molar-refractivity contribution in [3.8, 4) is 0 Å². The van der Waals surface area contributed by atoms with Crippen LogP contribution in [0.25, 0.3) is 21.8 Å². The molecule has 0 unspecified atom stereocenters. The first-order chi connectivity index (χ1) is 14.7. The van der Waals surface area contributed by atoms with E-state index >= 15 is 0 Å². The van der Waals surface area contributed by atoms with Gasteiger partial charge in [-0.25, -0.2) is 0 Å². The molecule has 7 nitrogen and oxygen atoms in total. The van der Waals surface area contributed by atoms with Crippen molar-refractivity contribution in [3.63, 3.8) is 0 Å². The molecule has 0 atom stereocenters. The smallest absolute Gasteiger partial charge is 0.224 e. The lowest BCUT2D eigenvalue weighted by atomic mass is 9.73. The molecule has 1 saturated carbocycles. The Morgan fingerprint density at radius 3 is 2.39 bits per heavy atom. The SMILES string of the molecule is CC1(C)CC(=O)C(=C(O)CCC(=O)Nc2cc3cccnc3c3ncccc23)C(=O)C1. The number of hydrogen-bond acceptors (Lipinski definition) is 6. The van der Waals surface area contributed by atoms with Gasteiger partial charge >= 0.3 is 0 Å². The van der Waals surface area contributed by atoms with E-state index in [-0.39, 0.29) is 54.5 Å². The third-order valence-corrected chi connectivity index (χ3v) is 5.45. The quantitative estimate of drug-likeness (QED) is 0.284. The topological polar surface area (TPSA) is 109 Å². The normalized spacial score (nSPS) is 16.0. The van der Waals surface area contributed by atoms with E-state index < -0.39 is 5.41 Å². The lowest BCUT2D eigenvalue weighted by Crippen LogP contribution is -2.32. The summed E-state index contributed by atoms with van der Waals surface area (Å²) in [6.07, 6.45) is 3.63. The molecule has 31 heavy (non-hydrogen) atoms. The number of anilines is 1. The molecule has 1 aliphatic rings. The number of Topliss-reactive ketones (excluding diaryl/α,β-unsaturated/α-hetero) is 2. The van der Waals surface area contributed by atoms with Crippen LogP contribution in [0.4, 0.5) is 5.69 Å². The fraction of sp³-hybridized carbons (Fsp3) is 0.292. The monoisotopic (exact) mass is 417 g/mol. The number of hydrogen-bond donors (Lipinski definition) is 2. The largest absolute Gasteiger partial charge is 0.511 e. The minimum atomic E-state index is -0.407. The molecule has 158 valence electrons. The summed E-state index contributed by atoms with van der Waals surface area (Å²) in [5.41, 5.74) is 1.46. The third kappa shape index (κ3) is 4.17. The number of benzene rings is 1. The number of carbonyl (C=O) groups is 3. The number of amides is 1. The highest BCUT2D eigenvalue weighted by molar-refractivity contribution is 6.22. The van der Waals surface area contributed by atoms with Crippen molar-refractivity contribution in [2.75, 3.05) is 5.32 Å². The molecule has 1 aliphatic carbocycles. The van der Waals surface area contributed by atoms with Gasteiger partial charge in [-0.15, -0.1) is 0 Å². The van der Waals surface area contributed by atoms with Gasteiger partial charge in [0.1, 0.15) is 5.76 Å². The van der Waals surface area contributed by atoms with Crippen LogP contribution in [-0.4, -0.2) is 32.5 Å². The second-order valence-electron chi connectivity index (χ2n) is 8.63. The number of allylic oxidation sites excluding steroid dienone is 2. The van der Waals surface area contributed by atoms with E-state index in [1.54, 1.807) is 18.5 Å². The van der Waals surface area contributed by atoms with E-state index in [0.29, 0.717) is 11.2 Å². The number of rotatable bonds is 4. The number of ketones is 2. The first-order valence-corrected chi connectivity index (χ1v) is 10.2. The summed E-state index contributed by atoms with van der Waals surface area (Å²) in [4.78, 5) is 46.0. The summed E-state index contributed by atoms with van der Waals surface area (Å²) in [6, 6.07) is 9.17. The highest BCUT2D eigenvalue weighted by Gasteiger charge is 2.37. The second kappa shape index (κ2) is 7.91. The van der Waals surface area contributed by atoms with Crippen LogP contribution in [-0.2, 0) is 14.4 Å². The fourth-order valence-corrected chi connectivity index (χ4v) is 4.04. The van der Waals surface area contributed by atoms with Gasteiger partial charge in [-0.3, -0.25) is 24.4 Å². The Balaban J connectivity index is 1.54. The Morgan fingerprint density at radius 1 is 1.03 bits per heavy atom. The Kier molecular flexibility index (Phi) is 5.27. The van der Waals surface area contributed by atoms with E-state index in [9.17, 15) is 19.5 Å². The predicted molar refractivity (Wildman–Crippen MR) is 118 cm³/mol. The van der Waals surface area contributed by atoms with Crippen LogP contribution in [0.1, 0.15) is 39.5 Å². The molecule has 4 rings (SSSR count). The molecular weight excluding hydrogens is 394 g/mol. The minimum absolute atomic E-state index is 0.0634. The highest BCUT2D eigenvalue weighted by Crippen LogP contribution is 2.35. The average Bonchev–Trinajstić information content (AvgIpc) is 2.71. The fourth-order valence-electron chi connectivity index (χ4n) is 4.04. The summed E-state index contributed by atoms with van der Waals surface area (Å²) in [7, 11) is 0. The number of nitrogens with one attached hydrogen (secondary N) is 1. The van der Waals surface area contributed by atoms with E-state index in [1.807, 2.05) is 38.1 Å². The molecule has 0 aliphatic heterocycles. The van der Waals surface area contributed by atoms with Crippen LogP contribution in [0.3, 0.4) is 0 Å². The van der Waals surface area contributed by atoms with Crippen LogP contribution in [0.5, 0.6) is 0 Å². The zero-order chi connectivity index (χ0) is 22.2. The van der Waals surface area contributed by atoms with Crippen LogP contribution in [0.15, 0.2) is 54.1 Å². The maximum atomic E-state index is 12.6. The molecule has 0 saturated heterocycles. The van der Waals surface area contributed by atoms with Crippen LogP contribution in [0, 0.1) is 5.41 Å². The molecule has 0 spiro atoms. The Hall–Kier alpha value is -3.61. The van der Waals surface area contributed by atoms with Crippen molar-refractivity contribution in [1.29, 1.82) is 0 Å². The van der Waals surface area contributed by atoms with Gasteiger partial charge in [-0.1, -0.05) is 19.9 Å². The number of aliphatic hydroxyl groups is 1. The molecule has 1 fully saturated rings. The van der Waals surface area contributed by atoms with Gasteiger partial charge in [0, 0.05) is 48.8 Å². The number of aromatic nitrogens is 2. The van der Waals surface area contributed by atoms with Gasteiger partial charge in [-0.2, -0.15) is 0 Å². The number of pyridine rings is 2. The van der Waals surface area contributed by atoms with Crippen molar-refractivity contribution >= 4 is 45.0 Å². The Bertz CT molecular complexity index is 1240. The zero-order valence-electron chi connectivity index (χ0n) is 17.4. The van der Waals surface area contributed by atoms with Crippen molar-refractivity contribution in [2.24, 2.45) is 5.41 Å². The number of carbonyl (C=O) groups excluding carboxylic acids is 3. The van der Waals surface area contributed by atoms with E-state index in [2.05, 4.69) is 15.3 Å². The van der Waals surface area contributed by atoms with E-state index in [0.717, 1.165) is 16.3 Å². The first kappa shape index (κ1) is 20.7. The molecule has 2 aromatic heterocycles. The van der Waals surface area contributed by atoms with Gasteiger partial charge in [0.05, 0.1) is 22.3 Å². The standard InChI is InChI=1S/C24H23N3O4/c1-24(2)12-18(29)21(19(30)13-24)17(28)7-8-20(31)27-16-11-14-5-3-9-25-22(14)23-15(16)6-4-10-26-23/h3-6,9-11,28H,7-8,12-13H2,1-2H3,(H,27,31). The van der Waals surface area contributed by atoms with Gasteiger partial charge in [0.25, 0.3) is 0 Å². The number of aliphatic hydroxyl groups excluding tert-OH is 1. The zero-order valence-corrected chi connectivity index (χ0v) is 17.4.